The highest BCUT2D eigenvalue weighted by atomic mass is 32.2. The molecule has 10 aromatic rings. The predicted octanol–water partition coefficient (Wildman–Crippen LogP) is 12.9. The van der Waals surface area contributed by atoms with Crippen LogP contribution in [0.15, 0.2) is 222 Å². The normalized spacial score (nSPS) is 15.4. The highest BCUT2D eigenvalue weighted by Crippen LogP contribution is 2.60. The lowest BCUT2D eigenvalue weighted by atomic mass is 9.62. The summed E-state index contributed by atoms with van der Waals surface area (Å²) in [7, 11) is -3.98. The van der Waals surface area contributed by atoms with Crippen molar-refractivity contribution in [1.29, 1.82) is 0 Å². The highest BCUT2D eigenvalue weighted by molar-refractivity contribution is 7.92. The highest BCUT2D eigenvalue weighted by Gasteiger charge is 2.52. The van der Waals surface area contributed by atoms with Crippen LogP contribution in [0, 0.1) is 0 Å². The van der Waals surface area contributed by atoms with Crippen LogP contribution in [0.1, 0.15) is 22.3 Å². The summed E-state index contributed by atoms with van der Waals surface area (Å²) in [6.07, 6.45) is 0. The predicted molar refractivity (Wildman–Crippen MR) is 247 cm³/mol. The van der Waals surface area contributed by atoms with E-state index in [0.29, 0.717) is 43.8 Å². The van der Waals surface area contributed by atoms with Gasteiger partial charge in [-0.05, 0) is 73.2 Å². The van der Waals surface area contributed by atoms with Gasteiger partial charge < -0.3 is 0 Å². The molecule has 1 atom stereocenters. The number of rotatable bonds is 4. The topological polar surface area (TPSA) is 72.8 Å². The van der Waals surface area contributed by atoms with Gasteiger partial charge in [-0.3, -0.25) is 0 Å². The summed E-state index contributed by atoms with van der Waals surface area (Å²) >= 11 is 0. The van der Waals surface area contributed by atoms with E-state index < -0.39 is 15.3 Å². The molecule has 0 fully saturated rings. The Morgan fingerprint density at radius 1 is 0.339 bits per heavy atom. The van der Waals surface area contributed by atoms with E-state index in [-0.39, 0.29) is 0 Å². The quantitative estimate of drug-likeness (QED) is 0.177. The second-order valence-electron chi connectivity index (χ2n) is 15.9. The number of nitrogens with zero attached hydrogens (tertiary/aromatic N) is 3. The molecule has 1 aliphatic carbocycles. The number of sulfone groups is 1. The lowest BCUT2D eigenvalue weighted by Gasteiger charge is -2.43. The Morgan fingerprint density at radius 2 is 0.823 bits per heavy atom. The summed E-state index contributed by atoms with van der Waals surface area (Å²) in [6, 6.07) is 71.6. The van der Waals surface area contributed by atoms with E-state index in [2.05, 4.69) is 109 Å². The first kappa shape index (κ1) is 36.1. The Morgan fingerprint density at radius 3 is 1.53 bits per heavy atom. The third-order valence-corrected chi connectivity index (χ3v) is 14.5. The maximum absolute atomic E-state index is 15.2. The maximum atomic E-state index is 15.2. The van der Waals surface area contributed by atoms with Crippen molar-refractivity contribution in [2.45, 2.75) is 15.2 Å². The third kappa shape index (κ3) is 5.33. The minimum atomic E-state index is -3.98. The van der Waals surface area contributed by atoms with Crippen LogP contribution in [0.25, 0.3) is 78.3 Å². The molecule has 6 heteroatoms. The van der Waals surface area contributed by atoms with Crippen molar-refractivity contribution in [3.8, 4) is 67.5 Å². The molecule has 62 heavy (non-hydrogen) atoms. The fourth-order valence-corrected chi connectivity index (χ4v) is 11.8. The van der Waals surface area contributed by atoms with E-state index >= 15 is 8.42 Å². The molecule has 2 aliphatic rings. The number of hydrogen-bond donors (Lipinski definition) is 0. The molecule has 9 aromatic carbocycles. The van der Waals surface area contributed by atoms with Crippen LogP contribution >= 0.6 is 0 Å². The minimum absolute atomic E-state index is 0.300. The molecular formula is C56H35N3O2S. The first-order chi connectivity index (χ1) is 30.5. The van der Waals surface area contributed by atoms with E-state index in [1.165, 1.54) is 0 Å². The fraction of sp³-hybridized carbons (Fsp3) is 0.0179. The molecule has 0 amide bonds. The number of hydrogen-bond acceptors (Lipinski definition) is 5. The van der Waals surface area contributed by atoms with Gasteiger partial charge in [0.1, 0.15) is 0 Å². The van der Waals surface area contributed by atoms with Gasteiger partial charge in [-0.25, -0.2) is 23.4 Å². The summed E-state index contributed by atoms with van der Waals surface area (Å²) in [5, 5.41) is 1.57. The average molecular weight is 814 g/mol. The molecular weight excluding hydrogens is 779 g/mol. The molecule has 12 rings (SSSR count). The van der Waals surface area contributed by atoms with Crippen molar-refractivity contribution >= 4 is 20.6 Å². The standard InChI is InChI=1S/C56H35N3O2S/c60-62(61)51-26-14-13-25-48(51)56(49-34-32-38-17-7-8-20-42(38)52(49)62)47-24-12-11-23-45(47)43-21-9-10-22-44(43)46-33-31-41(35-50(46)56)55-58-53(39-18-5-2-6-19-39)57-54(59-55)40-29-27-37(28-30-40)36-15-3-1-4-16-36/h1-35H. The van der Waals surface area contributed by atoms with E-state index in [1.807, 2.05) is 97.1 Å². The second-order valence-corrected chi connectivity index (χ2v) is 17.7. The van der Waals surface area contributed by atoms with Crippen molar-refractivity contribution in [1.82, 2.24) is 15.0 Å². The summed E-state index contributed by atoms with van der Waals surface area (Å²) in [4.78, 5) is 16.1. The number of aromatic nitrogens is 3. The Balaban J connectivity index is 1.18. The van der Waals surface area contributed by atoms with Gasteiger partial charge in [0.25, 0.3) is 0 Å². The fourth-order valence-electron chi connectivity index (χ4n) is 9.84. The van der Waals surface area contributed by atoms with Crippen molar-refractivity contribution in [2.24, 2.45) is 0 Å². The largest absolute Gasteiger partial charge is 0.218 e. The molecule has 1 aromatic heterocycles. The van der Waals surface area contributed by atoms with E-state index in [4.69, 9.17) is 15.0 Å². The lowest BCUT2D eigenvalue weighted by Crippen LogP contribution is -2.38. The van der Waals surface area contributed by atoms with Crippen molar-refractivity contribution in [2.75, 3.05) is 0 Å². The summed E-state index contributed by atoms with van der Waals surface area (Å²) in [5.74, 6) is 1.63. The van der Waals surface area contributed by atoms with Gasteiger partial charge in [0.2, 0.25) is 9.84 Å². The van der Waals surface area contributed by atoms with Gasteiger partial charge in [0.05, 0.1) is 15.2 Å². The van der Waals surface area contributed by atoms with E-state index in [1.54, 1.807) is 6.07 Å². The molecule has 0 radical (unpaired) electrons. The Hall–Kier alpha value is -7.80. The van der Waals surface area contributed by atoms with Crippen LogP contribution in [0.2, 0.25) is 0 Å². The SMILES string of the molecule is O=S1(=O)c2ccccc2C2(c3ccccc3-c3ccccc3-c3ccc(-c4nc(-c5ccccc5)nc(-c5ccc(-c6ccccc6)cc5)n4)cc32)c2ccc3ccccc3c21. The zero-order valence-electron chi connectivity index (χ0n) is 33.3. The number of benzene rings is 9. The molecule has 292 valence electrons. The van der Waals surface area contributed by atoms with Crippen LogP contribution in [0.5, 0.6) is 0 Å². The van der Waals surface area contributed by atoms with Crippen LogP contribution in [-0.4, -0.2) is 23.4 Å². The molecule has 0 N–H and O–H groups in total. The van der Waals surface area contributed by atoms with Crippen LogP contribution < -0.4 is 0 Å². The molecule has 0 saturated heterocycles. The van der Waals surface area contributed by atoms with Crippen LogP contribution in [0.4, 0.5) is 0 Å². The van der Waals surface area contributed by atoms with Crippen LogP contribution in [0.3, 0.4) is 0 Å². The third-order valence-electron chi connectivity index (χ3n) is 12.6. The molecule has 1 spiro atoms. The zero-order valence-corrected chi connectivity index (χ0v) is 34.1. The molecule has 0 saturated carbocycles. The Kier molecular flexibility index (Phi) is 8.08. The van der Waals surface area contributed by atoms with Gasteiger partial charge in [-0.15, -0.1) is 0 Å². The van der Waals surface area contributed by atoms with Crippen molar-refractivity contribution in [3.63, 3.8) is 0 Å². The Bertz CT molecular complexity index is 3530. The van der Waals surface area contributed by atoms with E-state index in [9.17, 15) is 0 Å². The van der Waals surface area contributed by atoms with Gasteiger partial charge in [-0.2, -0.15) is 0 Å². The van der Waals surface area contributed by atoms with Crippen molar-refractivity contribution in [3.05, 3.63) is 235 Å². The molecule has 1 aliphatic heterocycles. The maximum Gasteiger partial charge on any atom is 0.207 e. The molecule has 5 nitrogen and oxygen atoms in total. The van der Waals surface area contributed by atoms with Crippen molar-refractivity contribution < 1.29 is 8.42 Å². The molecule has 1 unspecified atom stereocenters. The van der Waals surface area contributed by atoms with Gasteiger partial charge in [0.15, 0.2) is 17.5 Å². The smallest absolute Gasteiger partial charge is 0.207 e. The summed E-state index contributed by atoms with van der Waals surface area (Å²) in [5.41, 5.74) is 11.2. The average Bonchev–Trinajstić information content (AvgIpc) is 3.45. The van der Waals surface area contributed by atoms with Gasteiger partial charge >= 0.3 is 0 Å². The van der Waals surface area contributed by atoms with Crippen LogP contribution in [-0.2, 0) is 15.3 Å². The van der Waals surface area contributed by atoms with Gasteiger partial charge in [0, 0.05) is 22.1 Å². The Labute approximate surface area is 359 Å². The van der Waals surface area contributed by atoms with Gasteiger partial charge in [-0.1, -0.05) is 200 Å². The molecule has 2 heterocycles. The monoisotopic (exact) mass is 813 g/mol. The summed E-state index contributed by atoms with van der Waals surface area (Å²) < 4.78 is 30.3. The summed E-state index contributed by atoms with van der Waals surface area (Å²) in [6.45, 7) is 0. The zero-order chi connectivity index (χ0) is 41.4. The first-order valence-corrected chi connectivity index (χ1v) is 22.2. The number of fused-ring (bicyclic) bond motifs is 13. The van der Waals surface area contributed by atoms with E-state index in [0.717, 1.165) is 66.6 Å². The molecule has 0 bridgehead atoms. The second kappa shape index (κ2) is 13.9. The first-order valence-electron chi connectivity index (χ1n) is 20.7. The lowest BCUT2D eigenvalue weighted by molar-refractivity contribution is 0.581. The minimum Gasteiger partial charge on any atom is -0.218 e.